The second kappa shape index (κ2) is 4.47. The molecule has 1 aliphatic heterocycles. The van der Waals surface area contributed by atoms with Gasteiger partial charge in [-0.05, 0) is 24.1 Å². The van der Waals surface area contributed by atoms with E-state index >= 15 is 0 Å². The third kappa shape index (κ3) is 2.06. The van der Waals surface area contributed by atoms with Crippen molar-refractivity contribution in [1.82, 2.24) is 10.3 Å². The van der Waals surface area contributed by atoms with E-state index in [0.29, 0.717) is 6.61 Å². The van der Waals surface area contributed by atoms with E-state index in [9.17, 15) is 0 Å². The molecule has 2 aromatic rings. The Balaban J connectivity index is 1.95. The van der Waals surface area contributed by atoms with Crippen LogP contribution in [0, 0.1) is 0 Å². The fourth-order valence-electron chi connectivity index (χ4n) is 2.08. The number of aryl methyl sites for hydroxylation is 1. The van der Waals surface area contributed by atoms with Crippen LogP contribution in [0.1, 0.15) is 24.4 Å². The van der Waals surface area contributed by atoms with Crippen LogP contribution in [0.4, 0.5) is 0 Å². The highest BCUT2D eigenvalue weighted by Crippen LogP contribution is 2.22. The van der Waals surface area contributed by atoms with Crippen molar-refractivity contribution in [2.45, 2.75) is 19.4 Å². The van der Waals surface area contributed by atoms with Crippen LogP contribution in [0.15, 0.2) is 22.6 Å². The quantitative estimate of drug-likeness (QED) is 0.860. The molecule has 1 atom stereocenters. The maximum atomic E-state index is 5.75. The maximum Gasteiger partial charge on any atom is 0.215 e. The van der Waals surface area contributed by atoms with Gasteiger partial charge in [0.25, 0.3) is 0 Å². The number of rotatable bonds is 2. The number of aromatic nitrogens is 1. The minimum atomic E-state index is 0.0845. The van der Waals surface area contributed by atoms with Gasteiger partial charge in [-0.2, -0.15) is 0 Å². The summed E-state index contributed by atoms with van der Waals surface area (Å²) in [5, 5.41) is 3.34. The van der Waals surface area contributed by atoms with E-state index in [0.717, 1.165) is 36.6 Å². The van der Waals surface area contributed by atoms with Gasteiger partial charge in [-0.1, -0.05) is 13.0 Å². The molecule has 4 nitrogen and oxygen atoms in total. The van der Waals surface area contributed by atoms with Gasteiger partial charge in [0.05, 0.1) is 13.2 Å². The normalized spacial score (nSPS) is 20.9. The van der Waals surface area contributed by atoms with Crippen molar-refractivity contribution in [3.8, 4) is 0 Å². The molecule has 2 heterocycles. The Kier molecular flexibility index (Phi) is 2.82. The molecule has 0 aliphatic carbocycles. The maximum absolute atomic E-state index is 5.75. The standard InChI is InChI=1S/C13H16N2O2/c1-2-9-3-4-12-10(7-9)15-13(17-12)11-8-16-6-5-14-11/h3-4,7,11,14H,2,5-6,8H2,1H3. The molecule has 0 spiro atoms. The van der Waals surface area contributed by atoms with Crippen molar-refractivity contribution in [2.24, 2.45) is 0 Å². The molecule has 17 heavy (non-hydrogen) atoms. The zero-order valence-electron chi connectivity index (χ0n) is 9.90. The second-order valence-electron chi connectivity index (χ2n) is 4.29. The Morgan fingerprint density at radius 1 is 1.47 bits per heavy atom. The molecular formula is C13H16N2O2. The lowest BCUT2D eigenvalue weighted by atomic mass is 10.1. The number of nitrogens with zero attached hydrogens (tertiary/aromatic N) is 1. The molecule has 3 rings (SSSR count). The molecule has 1 aromatic carbocycles. The molecule has 1 N–H and O–H groups in total. The van der Waals surface area contributed by atoms with Gasteiger partial charge in [-0.25, -0.2) is 4.98 Å². The van der Waals surface area contributed by atoms with E-state index in [1.807, 2.05) is 6.07 Å². The number of nitrogens with one attached hydrogen (secondary N) is 1. The van der Waals surface area contributed by atoms with Crippen LogP contribution in [0.5, 0.6) is 0 Å². The number of hydrogen-bond donors (Lipinski definition) is 1. The SMILES string of the molecule is CCc1ccc2oc(C3COCCN3)nc2c1. The molecule has 0 amide bonds. The monoisotopic (exact) mass is 232 g/mol. The van der Waals surface area contributed by atoms with E-state index in [4.69, 9.17) is 9.15 Å². The highest BCUT2D eigenvalue weighted by molar-refractivity contribution is 5.73. The summed E-state index contributed by atoms with van der Waals surface area (Å²) in [6.07, 6.45) is 1.02. The Morgan fingerprint density at radius 3 is 3.18 bits per heavy atom. The molecule has 0 bridgehead atoms. The fourth-order valence-corrected chi connectivity index (χ4v) is 2.08. The lowest BCUT2D eigenvalue weighted by Crippen LogP contribution is -2.34. The first-order valence-corrected chi connectivity index (χ1v) is 6.07. The second-order valence-corrected chi connectivity index (χ2v) is 4.29. The van der Waals surface area contributed by atoms with Gasteiger partial charge in [-0.15, -0.1) is 0 Å². The predicted octanol–water partition coefficient (Wildman–Crippen LogP) is 2.05. The van der Waals surface area contributed by atoms with Gasteiger partial charge in [-0.3, -0.25) is 0 Å². The average Bonchev–Trinajstić information content (AvgIpc) is 2.82. The van der Waals surface area contributed by atoms with Crippen LogP contribution in [0.25, 0.3) is 11.1 Å². The number of oxazole rings is 1. The number of ether oxygens (including phenoxy) is 1. The van der Waals surface area contributed by atoms with Crippen molar-refractivity contribution in [2.75, 3.05) is 19.8 Å². The summed E-state index contributed by atoms with van der Waals surface area (Å²) in [4.78, 5) is 4.54. The molecule has 4 heteroatoms. The van der Waals surface area contributed by atoms with Crippen LogP contribution in [0.3, 0.4) is 0 Å². The molecule has 1 aromatic heterocycles. The molecule has 0 radical (unpaired) electrons. The first-order valence-electron chi connectivity index (χ1n) is 6.07. The number of morpholine rings is 1. The Morgan fingerprint density at radius 2 is 2.41 bits per heavy atom. The van der Waals surface area contributed by atoms with Gasteiger partial charge < -0.3 is 14.5 Å². The number of fused-ring (bicyclic) bond motifs is 1. The van der Waals surface area contributed by atoms with E-state index < -0.39 is 0 Å². The average molecular weight is 232 g/mol. The predicted molar refractivity (Wildman–Crippen MR) is 64.9 cm³/mol. The lowest BCUT2D eigenvalue weighted by Gasteiger charge is -2.20. The molecule has 1 saturated heterocycles. The smallest absolute Gasteiger partial charge is 0.215 e. The van der Waals surface area contributed by atoms with E-state index in [1.165, 1.54) is 5.56 Å². The largest absolute Gasteiger partial charge is 0.439 e. The van der Waals surface area contributed by atoms with Crippen LogP contribution >= 0.6 is 0 Å². The van der Waals surface area contributed by atoms with Crippen molar-refractivity contribution in [1.29, 1.82) is 0 Å². The van der Waals surface area contributed by atoms with Crippen LogP contribution < -0.4 is 5.32 Å². The third-order valence-electron chi connectivity index (χ3n) is 3.10. The highest BCUT2D eigenvalue weighted by Gasteiger charge is 2.20. The summed E-state index contributed by atoms with van der Waals surface area (Å²) < 4.78 is 11.2. The molecule has 1 fully saturated rings. The number of hydrogen-bond acceptors (Lipinski definition) is 4. The first kappa shape index (κ1) is 10.7. The summed E-state index contributed by atoms with van der Waals surface area (Å²) in [5.74, 6) is 0.730. The summed E-state index contributed by atoms with van der Waals surface area (Å²) in [7, 11) is 0. The van der Waals surface area contributed by atoms with E-state index in [-0.39, 0.29) is 6.04 Å². The highest BCUT2D eigenvalue weighted by atomic mass is 16.5. The van der Waals surface area contributed by atoms with Gasteiger partial charge in [0.1, 0.15) is 11.6 Å². The van der Waals surface area contributed by atoms with Crippen LogP contribution in [0.2, 0.25) is 0 Å². The van der Waals surface area contributed by atoms with E-state index in [1.54, 1.807) is 0 Å². The first-order chi connectivity index (χ1) is 8.36. The summed E-state index contributed by atoms with van der Waals surface area (Å²) in [5.41, 5.74) is 3.07. The van der Waals surface area contributed by atoms with Crippen molar-refractivity contribution in [3.05, 3.63) is 29.7 Å². The Hall–Kier alpha value is -1.39. The van der Waals surface area contributed by atoms with Gasteiger partial charge in [0.2, 0.25) is 5.89 Å². The molecule has 0 saturated carbocycles. The third-order valence-corrected chi connectivity index (χ3v) is 3.10. The number of benzene rings is 1. The van der Waals surface area contributed by atoms with E-state index in [2.05, 4.69) is 29.4 Å². The Bertz CT molecular complexity index is 515. The fraction of sp³-hybridized carbons (Fsp3) is 0.462. The van der Waals surface area contributed by atoms with Gasteiger partial charge in [0, 0.05) is 6.54 Å². The molecule has 1 aliphatic rings. The zero-order valence-corrected chi connectivity index (χ0v) is 9.90. The van der Waals surface area contributed by atoms with Gasteiger partial charge in [0.15, 0.2) is 5.58 Å². The summed E-state index contributed by atoms with van der Waals surface area (Å²) >= 11 is 0. The topological polar surface area (TPSA) is 47.3 Å². The molecule has 1 unspecified atom stereocenters. The zero-order chi connectivity index (χ0) is 11.7. The summed E-state index contributed by atoms with van der Waals surface area (Å²) in [6.45, 7) is 4.38. The lowest BCUT2D eigenvalue weighted by molar-refractivity contribution is 0.0687. The Labute approximate surface area is 100.0 Å². The van der Waals surface area contributed by atoms with Crippen molar-refractivity contribution >= 4 is 11.1 Å². The van der Waals surface area contributed by atoms with Gasteiger partial charge >= 0.3 is 0 Å². The van der Waals surface area contributed by atoms with Crippen LogP contribution in [-0.4, -0.2) is 24.7 Å². The van der Waals surface area contributed by atoms with Crippen LogP contribution in [-0.2, 0) is 11.2 Å². The molecular weight excluding hydrogens is 216 g/mol. The van der Waals surface area contributed by atoms with Crippen molar-refractivity contribution in [3.63, 3.8) is 0 Å². The minimum Gasteiger partial charge on any atom is -0.439 e. The minimum absolute atomic E-state index is 0.0845. The molecule has 90 valence electrons. The summed E-state index contributed by atoms with van der Waals surface area (Å²) in [6, 6.07) is 6.25. The van der Waals surface area contributed by atoms with Crippen molar-refractivity contribution < 1.29 is 9.15 Å².